The Morgan fingerprint density at radius 1 is 1.35 bits per heavy atom. The van der Waals surface area contributed by atoms with Gasteiger partial charge in [-0.2, -0.15) is 0 Å². The number of methoxy groups -OCH3 is 1. The number of nitrogens with zero attached hydrogens (tertiary/aromatic N) is 1. The number of hydrogen-bond donors (Lipinski definition) is 3. The zero-order chi connectivity index (χ0) is 14.8. The van der Waals surface area contributed by atoms with E-state index in [0.717, 1.165) is 36.8 Å². The van der Waals surface area contributed by atoms with Crippen molar-refractivity contribution in [3.63, 3.8) is 0 Å². The van der Waals surface area contributed by atoms with Gasteiger partial charge >= 0.3 is 0 Å². The molecule has 20 heavy (non-hydrogen) atoms. The molecule has 5 heteroatoms. The molecule has 0 saturated heterocycles. The van der Waals surface area contributed by atoms with Crippen LogP contribution in [0.25, 0.3) is 0 Å². The van der Waals surface area contributed by atoms with Crippen LogP contribution < -0.4 is 15.4 Å². The van der Waals surface area contributed by atoms with Gasteiger partial charge in [-0.1, -0.05) is 12.1 Å². The van der Waals surface area contributed by atoms with E-state index in [-0.39, 0.29) is 6.61 Å². The minimum absolute atomic E-state index is 0.0612. The predicted molar refractivity (Wildman–Crippen MR) is 82.5 cm³/mol. The van der Waals surface area contributed by atoms with Crippen LogP contribution in [-0.2, 0) is 6.42 Å². The fourth-order valence-corrected chi connectivity index (χ4v) is 1.85. The maximum Gasteiger partial charge on any atom is 0.191 e. The molecule has 0 bridgehead atoms. The van der Waals surface area contributed by atoms with Gasteiger partial charge in [0.1, 0.15) is 5.75 Å². The highest BCUT2D eigenvalue weighted by atomic mass is 16.5. The van der Waals surface area contributed by atoms with Gasteiger partial charge in [0.25, 0.3) is 0 Å². The third-order valence-electron chi connectivity index (χ3n) is 2.89. The quantitative estimate of drug-likeness (QED) is 0.516. The fourth-order valence-electron chi connectivity index (χ4n) is 1.85. The Labute approximate surface area is 121 Å². The monoisotopic (exact) mass is 279 g/mol. The number of aliphatic hydroxyl groups is 1. The summed E-state index contributed by atoms with van der Waals surface area (Å²) < 4.78 is 5.32. The van der Waals surface area contributed by atoms with Gasteiger partial charge in [-0.3, -0.25) is 4.99 Å². The van der Waals surface area contributed by atoms with Gasteiger partial charge in [-0.15, -0.1) is 0 Å². The Balaban J connectivity index is 2.49. The molecule has 0 atom stereocenters. The van der Waals surface area contributed by atoms with Gasteiger partial charge in [0.2, 0.25) is 0 Å². The van der Waals surface area contributed by atoms with Gasteiger partial charge < -0.3 is 20.5 Å². The first-order valence-electron chi connectivity index (χ1n) is 6.97. The van der Waals surface area contributed by atoms with Crippen molar-refractivity contribution in [1.82, 2.24) is 10.6 Å². The summed E-state index contributed by atoms with van der Waals surface area (Å²) in [4.78, 5) is 4.23. The zero-order valence-electron chi connectivity index (χ0n) is 12.6. The van der Waals surface area contributed by atoms with Crippen LogP contribution in [-0.4, -0.2) is 44.4 Å². The number of guanidine groups is 1. The van der Waals surface area contributed by atoms with Crippen molar-refractivity contribution in [2.24, 2.45) is 4.99 Å². The van der Waals surface area contributed by atoms with Crippen LogP contribution in [0, 0.1) is 6.92 Å². The van der Waals surface area contributed by atoms with Crippen molar-refractivity contribution in [3.05, 3.63) is 29.3 Å². The highest BCUT2D eigenvalue weighted by Crippen LogP contribution is 2.18. The van der Waals surface area contributed by atoms with Crippen LogP contribution in [0.5, 0.6) is 5.75 Å². The summed E-state index contributed by atoms with van der Waals surface area (Å²) in [6.07, 6.45) is 0.889. The van der Waals surface area contributed by atoms with Crippen molar-refractivity contribution in [1.29, 1.82) is 0 Å². The first-order chi connectivity index (χ1) is 9.71. The summed E-state index contributed by atoms with van der Waals surface area (Å²) in [6.45, 7) is 6.10. The van der Waals surface area contributed by atoms with E-state index in [4.69, 9.17) is 9.84 Å². The Morgan fingerprint density at radius 2 is 2.15 bits per heavy atom. The normalized spacial score (nSPS) is 11.3. The number of hydrogen-bond acceptors (Lipinski definition) is 3. The molecule has 0 unspecified atom stereocenters. The highest BCUT2D eigenvalue weighted by Gasteiger charge is 2.01. The summed E-state index contributed by atoms with van der Waals surface area (Å²) in [7, 11) is 1.69. The molecule has 0 aromatic heterocycles. The van der Waals surface area contributed by atoms with Gasteiger partial charge in [0, 0.05) is 13.1 Å². The Bertz CT molecular complexity index is 433. The first-order valence-corrected chi connectivity index (χ1v) is 6.97. The molecule has 0 aliphatic heterocycles. The Hall–Kier alpha value is -1.75. The Morgan fingerprint density at radius 3 is 2.80 bits per heavy atom. The van der Waals surface area contributed by atoms with Gasteiger partial charge in [0.05, 0.1) is 20.3 Å². The third-order valence-corrected chi connectivity index (χ3v) is 2.89. The van der Waals surface area contributed by atoms with Crippen molar-refractivity contribution < 1.29 is 9.84 Å². The van der Waals surface area contributed by atoms with Gasteiger partial charge in [-0.25, -0.2) is 0 Å². The lowest BCUT2D eigenvalue weighted by Crippen LogP contribution is -2.38. The topological polar surface area (TPSA) is 65.9 Å². The van der Waals surface area contributed by atoms with Crippen LogP contribution in [0.3, 0.4) is 0 Å². The lowest BCUT2D eigenvalue weighted by atomic mass is 10.1. The van der Waals surface area contributed by atoms with Crippen LogP contribution in [0.1, 0.15) is 18.1 Å². The number of nitrogens with one attached hydrogen (secondary N) is 2. The standard InChI is InChI=1S/C15H25N3O2/c1-4-16-15(18-9-10-19)17-8-7-13-6-5-12(2)14(11-13)20-3/h5-6,11,19H,4,7-10H2,1-3H3,(H2,16,17,18). The highest BCUT2D eigenvalue weighted by molar-refractivity contribution is 5.79. The van der Waals surface area contributed by atoms with Crippen LogP contribution in [0.15, 0.2) is 23.2 Å². The molecule has 0 aliphatic carbocycles. The van der Waals surface area contributed by atoms with E-state index < -0.39 is 0 Å². The molecule has 0 fully saturated rings. The maximum absolute atomic E-state index is 8.79. The van der Waals surface area contributed by atoms with Gasteiger partial charge in [-0.05, 0) is 37.5 Å². The second-order valence-electron chi connectivity index (χ2n) is 4.47. The third kappa shape index (κ3) is 5.48. The summed E-state index contributed by atoms with van der Waals surface area (Å²) in [5.41, 5.74) is 2.36. The minimum atomic E-state index is 0.0612. The van der Waals surface area contributed by atoms with Gasteiger partial charge in [0.15, 0.2) is 5.96 Å². The molecule has 112 valence electrons. The van der Waals surface area contributed by atoms with Crippen molar-refractivity contribution in [3.8, 4) is 5.75 Å². The lowest BCUT2D eigenvalue weighted by Gasteiger charge is -2.12. The largest absolute Gasteiger partial charge is 0.496 e. The number of ether oxygens (including phenoxy) is 1. The van der Waals surface area contributed by atoms with E-state index in [1.807, 2.05) is 13.8 Å². The summed E-state index contributed by atoms with van der Waals surface area (Å²) in [6, 6.07) is 6.24. The molecule has 0 radical (unpaired) electrons. The van der Waals surface area contributed by atoms with Crippen molar-refractivity contribution in [2.45, 2.75) is 20.3 Å². The SMILES string of the molecule is CCNC(=NCCO)NCCc1ccc(C)c(OC)c1. The van der Waals surface area contributed by atoms with E-state index >= 15 is 0 Å². The fraction of sp³-hybridized carbons (Fsp3) is 0.533. The number of rotatable bonds is 7. The minimum Gasteiger partial charge on any atom is -0.496 e. The number of benzene rings is 1. The van der Waals surface area contributed by atoms with Crippen LogP contribution in [0.4, 0.5) is 0 Å². The number of aliphatic hydroxyl groups excluding tert-OH is 1. The molecule has 3 N–H and O–H groups in total. The average molecular weight is 279 g/mol. The number of aryl methyl sites for hydroxylation is 1. The smallest absolute Gasteiger partial charge is 0.191 e. The van der Waals surface area contributed by atoms with Crippen molar-refractivity contribution in [2.75, 3.05) is 33.4 Å². The van der Waals surface area contributed by atoms with E-state index in [2.05, 4.69) is 33.8 Å². The number of aliphatic imine (C=N–C) groups is 1. The summed E-state index contributed by atoms with van der Waals surface area (Å²) in [5, 5.41) is 15.2. The van der Waals surface area contributed by atoms with E-state index in [9.17, 15) is 0 Å². The zero-order valence-corrected chi connectivity index (χ0v) is 12.6. The molecule has 5 nitrogen and oxygen atoms in total. The molecule has 0 saturated carbocycles. The molecule has 0 spiro atoms. The van der Waals surface area contributed by atoms with Crippen LogP contribution >= 0.6 is 0 Å². The van der Waals surface area contributed by atoms with E-state index in [1.165, 1.54) is 5.56 Å². The summed E-state index contributed by atoms with van der Waals surface area (Å²) >= 11 is 0. The van der Waals surface area contributed by atoms with Crippen LogP contribution in [0.2, 0.25) is 0 Å². The van der Waals surface area contributed by atoms with E-state index in [0.29, 0.717) is 6.54 Å². The maximum atomic E-state index is 8.79. The van der Waals surface area contributed by atoms with E-state index in [1.54, 1.807) is 7.11 Å². The lowest BCUT2D eigenvalue weighted by molar-refractivity contribution is 0.306. The second-order valence-corrected chi connectivity index (χ2v) is 4.47. The van der Waals surface area contributed by atoms with Crippen molar-refractivity contribution >= 4 is 5.96 Å². The molecular formula is C15H25N3O2. The molecule has 1 aromatic carbocycles. The predicted octanol–water partition coefficient (Wildman–Crippen LogP) is 1.09. The average Bonchev–Trinajstić information content (AvgIpc) is 2.46. The molecule has 0 heterocycles. The first kappa shape index (κ1) is 16.3. The molecule has 1 rings (SSSR count). The molecule has 1 aromatic rings. The molecular weight excluding hydrogens is 254 g/mol. The molecule has 0 aliphatic rings. The second kappa shape index (κ2) is 9.20. The summed E-state index contributed by atoms with van der Waals surface area (Å²) in [5.74, 6) is 1.66. The molecule has 0 amide bonds. The Kier molecular flexibility index (Phi) is 7.50.